The summed E-state index contributed by atoms with van der Waals surface area (Å²) in [5, 5.41) is 17.6. The van der Waals surface area contributed by atoms with Crippen molar-refractivity contribution < 1.29 is 23.4 Å². The lowest BCUT2D eigenvalue weighted by molar-refractivity contribution is 0.0697. The summed E-state index contributed by atoms with van der Waals surface area (Å²) in [5.74, 6) is -2.29. The molecule has 8 heteroatoms. The molecule has 1 heterocycles. The first-order valence-electron chi connectivity index (χ1n) is 10.1. The Bertz CT molecular complexity index is 1370. The number of benzene rings is 3. The molecule has 0 unspecified atom stereocenters. The van der Waals surface area contributed by atoms with Crippen molar-refractivity contribution in [2.75, 3.05) is 12.4 Å². The summed E-state index contributed by atoms with van der Waals surface area (Å²) in [5.41, 5.74) is 3.43. The Morgan fingerprint density at radius 3 is 2.45 bits per heavy atom. The molecule has 33 heavy (non-hydrogen) atoms. The second kappa shape index (κ2) is 8.74. The number of hydrogen-bond donors (Lipinski definition) is 2. The fourth-order valence-corrected chi connectivity index (χ4v) is 3.68. The average molecular weight is 449 g/mol. The molecule has 0 aliphatic heterocycles. The molecular formula is C25H21F2N3O3. The molecule has 0 spiro atoms. The van der Waals surface area contributed by atoms with E-state index in [9.17, 15) is 18.7 Å². The molecule has 0 aliphatic carbocycles. The number of carbonyl (C=O) groups is 1. The van der Waals surface area contributed by atoms with E-state index in [-0.39, 0.29) is 5.56 Å². The number of methoxy groups -OCH3 is 1. The maximum absolute atomic E-state index is 14.1. The number of aromatic nitrogens is 2. The molecule has 168 valence electrons. The van der Waals surface area contributed by atoms with Crippen LogP contribution in [0.4, 0.5) is 20.3 Å². The highest BCUT2D eigenvalue weighted by atomic mass is 19.2. The molecule has 4 rings (SSSR count). The number of para-hydroxylation sites is 1. The van der Waals surface area contributed by atoms with Crippen LogP contribution in [0.3, 0.4) is 0 Å². The fourth-order valence-electron chi connectivity index (χ4n) is 3.68. The highest BCUT2D eigenvalue weighted by molar-refractivity contribution is 5.96. The van der Waals surface area contributed by atoms with E-state index in [1.165, 1.54) is 19.2 Å². The zero-order valence-electron chi connectivity index (χ0n) is 18.2. The molecule has 0 bridgehead atoms. The second-order valence-corrected chi connectivity index (χ2v) is 7.48. The Morgan fingerprint density at radius 2 is 1.79 bits per heavy atom. The largest absolute Gasteiger partial charge is 0.497 e. The summed E-state index contributed by atoms with van der Waals surface area (Å²) in [6.07, 6.45) is 0. The van der Waals surface area contributed by atoms with Crippen molar-refractivity contribution in [3.63, 3.8) is 0 Å². The van der Waals surface area contributed by atoms with Crippen molar-refractivity contribution in [3.05, 3.63) is 89.1 Å². The highest BCUT2D eigenvalue weighted by Crippen LogP contribution is 2.37. The van der Waals surface area contributed by atoms with Gasteiger partial charge in [0.15, 0.2) is 11.6 Å². The van der Waals surface area contributed by atoms with Gasteiger partial charge in [-0.3, -0.25) is 0 Å². The molecule has 1 aromatic heterocycles. The van der Waals surface area contributed by atoms with Crippen molar-refractivity contribution in [3.8, 4) is 22.6 Å². The van der Waals surface area contributed by atoms with Crippen LogP contribution in [0.2, 0.25) is 0 Å². The Labute approximate surface area is 189 Å². The van der Waals surface area contributed by atoms with E-state index >= 15 is 0 Å². The van der Waals surface area contributed by atoms with Gasteiger partial charge in [0.1, 0.15) is 11.6 Å². The van der Waals surface area contributed by atoms with E-state index in [0.29, 0.717) is 34.1 Å². The van der Waals surface area contributed by atoms with Crippen LogP contribution >= 0.6 is 0 Å². The topological polar surface area (TPSA) is 76.4 Å². The van der Waals surface area contributed by atoms with Crippen molar-refractivity contribution in [2.45, 2.75) is 13.8 Å². The number of aromatic carboxylic acids is 1. The van der Waals surface area contributed by atoms with Crippen LogP contribution in [-0.4, -0.2) is 28.0 Å². The summed E-state index contributed by atoms with van der Waals surface area (Å²) in [6.45, 7) is 3.67. The smallest absolute Gasteiger partial charge is 0.337 e. The Hall–Kier alpha value is -4.20. The van der Waals surface area contributed by atoms with Gasteiger partial charge in [-0.25, -0.2) is 18.3 Å². The number of ether oxygens (including phenoxy) is 1. The number of carboxylic acids is 1. The van der Waals surface area contributed by atoms with E-state index in [4.69, 9.17) is 4.74 Å². The van der Waals surface area contributed by atoms with Crippen LogP contribution < -0.4 is 10.1 Å². The maximum atomic E-state index is 14.1. The molecule has 2 N–H and O–H groups in total. The molecule has 4 aromatic rings. The first-order chi connectivity index (χ1) is 15.8. The normalized spacial score (nSPS) is 10.8. The highest BCUT2D eigenvalue weighted by Gasteiger charge is 2.22. The minimum Gasteiger partial charge on any atom is -0.497 e. The fraction of sp³-hybridized carbons (Fsp3) is 0.120. The molecule has 0 saturated heterocycles. The summed E-state index contributed by atoms with van der Waals surface area (Å²) >= 11 is 0. The van der Waals surface area contributed by atoms with Crippen LogP contribution in [0.25, 0.3) is 16.8 Å². The van der Waals surface area contributed by atoms with E-state index < -0.39 is 17.6 Å². The average Bonchev–Trinajstić information content (AvgIpc) is 3.11. The predicted molar refractivity (Wildman–Crippen MR) is 122 cm³/mol. The van der Waals surface area contributed by atoms with E-state index in [1.807, 2.05) is 31.2 Å². The van der Waals surface area contributed by atoms with Crippen LogP contribution in [0, 0.1) is 25.5 Å². The molecule has 0 saturated carbocycles. The Kier molecular flexibility index (Phi) is 5.83. The third-order valence-electron chi connectivity index (χ3n) is 5.32. The maximum Gasteiger partial charge on any atom is 0.337 e. The van der Waals surface area contributed by atoms with E-state index in [1.54, 1.807) is 23.7 Å². The molecule has 6 nitrogen and oxygen atoms in total. The first-order valence-corrected chi connectivity index (χ1v) is 10.1. The number of nitrogens with one attached hydrogen (secondary N) is 1. The molecule has 0 atom stereocenters. The second-order valence-electron chi connectivity index (χ2n) is 7.48. The Morgan fingerprint density at radius 1 is 1.03 bits per heavy atom. The molecule has 3 aromatic carbocycles. The number of carboxylic acid groups (broad SMARTS) is 1. The number of halogens is 2. The van der Waals surface area contributed by atoms with Gasteiger partial charge < -0.3 is 15.2 Å². The molecular weight excluding hydrogens is 428 g/mol. The van der Waals surface area contributed by atoms with Gasteiger partial charge in [0.05, 0.1) is 29.7 Å². The summed E-state index contributed by atoms with van der Waals surface area (Å²) in [4.78, 5) is 11.9. The number of hydrogen-bond acceptors (Lipinski definition) is 4. The number of anilines is 2. The minimum atomic E-state index is -1.15. The van der Waals surface area contributed by atoms with Crippen molar-refractivity contribution in [2.24, 2.45) is 0 Å². The zero-order chi connectivity index (χ0) is 23.7. The summed E-state index contributed by atoms with van der Waals surface area (Å²) in [7, 11) is 1.45. The van der Waals surface area contributed by atoms with Crippen LogP contribution in [0.15, 0.2) is 60.7 Å². The number of aryl methyl sites for hydroxylation is 2. The van der Waals surface area contributed by atoms with Gasteiger partial charge in [0.25, 0.3) is 0 Å². The van der Waals surface area contributed by atoms with Crippen LogP contribution in [0.1, 0.15) is 21.6 Å². The van der Waals surface area contributed by atoms with Crippen LogP contribution in [0.5, 0.6) is 5.75 Å². The quantitative estimate of drug-likeness (QED) is 0.384. The van der Waals surface area contributed by atoms with E-state index in [0.717, 1.165) is 23.4 Å². The molecule has 0 aliphatic rings. The van der Waals surface area contributed by atoms with Crippen molar-refractivity contribution in [1.82, 2.24) is 9.78 Å². The molecule has 0 amide bonds. The van der Waals surface area contributed by atoms with Crippen molar-refractivity contribution in [1.29, 1.82) is 0 Å². The van der Waals surface area contributed by atoms with Gasteiger partial charge in [-0.15, -0.1) is 0 Å². The zero-order valence-corrected chi connectivity index (χ0v) is 18.2. The van der Waals surface area contributed by atoms with Gasteiger partial charge in [0, 0.05) is 5.56 Å². The lowest BCUT2D eigenvalue weighted by atomic mass is 10.0. The van der Waals surface area contributed by atoms with Crippen LogP contribution in [-0.2, 0) is 0 Å². The van der Waals surface area contributed by atoms with Gasteiger partial charge in [0.2, 0.25) is 0 Å². The predicted octanol–water partition coefficient (Wildman–Crippen LogP) is 5.88. The van der Waals surface area contributed by atoms with E-state index in [2.05, 4.69) is 10.4 Å². The summed E-state index contributed by atoms with van der Waals surface area (Å²) < 4.78 is 34.5. The lowest BCUT2D eigenvalue weighted by Gasteiger charge is -2.16. The van der Waals surface area contributed by atoms with Crippen molar-refractivity contribution >= 4 is 17.5 Å². The number of nitrogens with zero attached hydrogens (tertiary/aromatic N) is 2. The van der Waals surface area contributed by atoms with Gasteiger partial charge in [-0.2, -0.15) is 5.10 Å². The first kappa shape index (κ1) is 22.0. The molecule has 0 fully saturated rings. The van der Waals surface area contributed by atoms with Gasteiger partial charge >= 0.3 is 5.97 Å². The monoisotopic (exact) mass is 449 g/mol. The standard InChI is InChI=1S/C25H21F2N3O3/c1-14-6-4-5-7-22(14)30-24(28-21-11-9-17(33-3)13-18(21)25(31)32)23(15(2)29-30)16-8-10-19(26)20(27)12-16/h4-13,28H,1-3H3,(H,31,32). The third kappa shape index (κ3) is 4.15. The van der Waals surface area contributed by atoms with Gasteiger partial charge in [-0.05, 0) is 61.4 Å². The minimum absolute atomic E-state index is 0.0132. The third-order valence-corrected chi connectivity index (χ3v) is 5.32. The Balaban J connectivity index is 1.97. The SMILES string of the molecule is COc1ccc(Nc2c(-c3ccc(F)c(F)c3)c(C)nn2-c2ccccc2C)c(C(=O)O)c1. The summed E-state index contributed by atoms with van der Waals surface area (Å²) in [6, 6.07) is 15.8. The van der Waals surface area contributed by atoms with Gasteiger partial charge in [-0.1, -0.05) is 24.3 Å². The lowest BCUT2D eigenvalue weighted by Crippen LogP contribution is -2.08. The number of rotatable bonds is 6. The molecule has 0 radical (unpaired) electrons.